The fourth-order valence-corrected chi connectivity index (χ4v) is 5.40. The number of methoxy groups -OCH3 is 1. The highest BCUT2D eigenvalue weighted by Gasteiger charge is 2.44. The SMILES string of the molecule is COc1cccc(C2(c3ccccc3)NC(NC(=O)C3CCCCC3)C(=O)Nc3ccccc32)c1. The molecule has 180 valence electrons. The molecule has 0 aromatic heterocycles. The average Bonchev–Trinajstić information content (AvgIpc) is 3.04. The summed E-state index contributed by atoms with van der Waals surface area (Å²) in [5.74, 6) is 0.286. The van der Waals surface area contributed by atoms with Crippen LogP contribution in [-0.4, -0.2) is 25.1 Å². The normalized spacial score (nSPS) is 22.4. The van der Waals surface area contributed by atoms with Crippen LogP contribution >= 0.6 is 0 Å². The van der Waals surface area contributed by atoms with Gasteiger partial charge in [-0.15, -0.1) is 0 Å². The second-order valence-corrected chi connectivity index (χ2v) is 9.30. The van der Waals surface area contributed by atoms with E-state index in [9.17, 15) is 9.59 Å². The minimum atomic E-state index is -0.928. The molecule has 3 aromatic carbocycles. The highest BCUT2D eigenvalue weighted by molar-refractivity contribution is 5.99. The van der Waals surface area contributed by atoms with Crippen molar-refractivity contribution in [1.82, 2.24) is 10.6 Å². The highest BCUT2D eigenvalue weighted by Crippen LogP contribution is 2.43. The van der Waals surface area contributed by atoms with E-state index in [1.807, 2.05) is 78.9 Å². The molecule has 2 unspecified atom stereocenters. The molecule has 0 saturated heterocycles. The molecule has 2 aliphatic rings. The summed E-state index contributed by atoms with van der Waals surface area (Å²) in [4.78, 5) is 26.7. The van der Waals surface area contributed by atoms with E-state index in [0.29, 0.717) is 11.4 Å². The van der Waals surface area contributed by atoms with Gasteiger partial charge in [0.1, 0.15) is 5.75 Å². The van der Waals surface area contributed by atoms with Crippen LogP contribution in [0.1, 0.15) is 48.8 Å². The van der Waals surface area contributed by atoms with E-state index in [4.69, 9.17) is 4.74 Å². The first kappa shape index (κ1) is 23.1. The molecular weight excluding hydrogens is 438 g/mol. The molecular formula is C29H31N3O3. The summed E-state index contributed by atoms with van der Waals surface area (Å²) in [6, 6.07) is 25.6. The van der Waals surface area contributed by atoms with Gasteiger partial charge in [0.05, 0.1) is 12.6 Å². The number of ether oxygens (including phenoxy) is 1. The molecule has 6 heteroatoms. The van der Waals surface area contributed by atoms with Crippen LogP contribution in [-0.2, 0) is 15.1 Å². The van der Waals surface area contributed by atoms with Crippen molar-refractivity contribution in [2.75, 3.05) is 12.4 Å². The van der Waals surface area contributed by atoms with Gasteiger partial charge >= 0.3 is 0 Å². The Balaban J connectivity index is 1.66. The number of carbonyl (C=O) groups is 2. The zero-order valence-corrected chi connectivity index (χ0v) is 19.9. The molecule has 35 heavy (non-hydrogen) atoms. The molecule has 0 radical (unpaired) electrons. The van der Waals surface area contributed by atoms with Crippen molar-refractivity contribution >= 4 is 17.5 Å². The largest absolute Gasteiger partial charge is 0.497 e. The van der Waals surface area contributed by atoms with Crippen molar-refractivity contribution in [2.24, 2.45) is 5.92 Å². The quantitative estimate of drug-likeness (QED) is 0.512. The fraction of sp³-hybridized carbons (Fsp3) is 0.310. The summed E-state index contributed by atoms with van der Waals surface area (Å²) in [7, 11) is 1.64. The second kappa shape index (κ2) is 9.92. The van der Waals surface area contributed by atoms with E-state index in [2.05, 4.69) is 16.0 Å². The van der Waals surface area contributed by atoms with Crippen molar-refractivity contribution in [2.45, 2.75) is 43.8 Å². The Morgan fingerprint density at radius 1 is 0.914 bits per heavy atom. The molecule has 1 heterocycles. The lowest BCUT2D eigenvalue weighted by atomic mass is 9.76. The van der Waals surface area contributed by atoms with E-state index >= 15 is 0 Å². The van der Waals surface area contributed by atoms with Gasteiger partial charge in [0.2, 0.25) is 5.91 Å². The van der Waals surface area contributed by atoms with Gasteiger partial charge in [0, 0.05) is 17.2 Å². The molecule has 1 aliphatic heterocycles. The summed E-state index contributed by atoms with van der Waals surface area (Å²) in [5.41, 5.74) is 2.53. The Hall–Kier alpha value is -3.64. The molecule has 6 nitrogen and oxygen atoms in total. The van der Waals surface area contributed by atoms with Crippen molar-refractivity contribution in [3.63, 3.8) is 0 Å². The van der Waals surface area contributed by atoms with Gasteiger partial charge in [0.25, 0.3) is 5.91 Å². The maximum atomic E-state index is 13.5. The second-order valence-electron chi connectivity index (χ2n) is 9.30. The first-order valence-electron chi connectivity index (χ1n) is 12.3. The summed E-state index contributed by atoms with van der Waals surface area (Å²) in [6.45, 7) is 0. The Labute approximate surface area is 206 Å². The van der Waals surface area contributed by atoms with Crippen molar-refractivity contribution in [1.29, 1.82) is 0 Å². The van der Waals surface area contributed by atoms with Crippen molar-refractivity contribution < 1.29 is 14.3 Å². The zero-order valence-electron chi connectivity index (χ0n) is 19.9. The summed E-state index contributed by atoms with van der Waals surface area (Å²) in [6.07, 6.45) is 4.05. The maximum Gasteiger partial charge on any atom is 0.262 e. The van der Waals surface area contributed by atoms with Crippen LogP contribution in [0.3, 0.4) is 0 Å². The number of rotatable bonds is 5. The van der Waals surface area contributed by atoms with Crippen LogP contribution in [0.15, 0.2) is 78.9 Å². The molecule has 1 fully saturated rings. The fourth-order valence-electron chi connectivity index (χ4n) is 5.40. The number of anilines is 1. The van der Waals surface area contributed by atoms with Gasteiger partial charge in [-0.3, -0.25) is 14.9 Å². The summed E-state index contributed by atoms with van der Waals surface area (Å²) >= 11 is 0. The molecule has 1 aliphatic carbocycles. The smallest absolute Gasteiger partial charge is 0.262 e. The maximum absolute atomic E-state index is 13.5. The number of carbonyl (C=O) groups excluding carboxylic acids is 2. The average molecular weight is 470 g/mol. The molecule has 3 N–H and O–H groups in total. The van der Waals surface area contributed by atoms with Gasteiger partial charge in [-0.2, -0.15) is 0 Å². The molecule has 2 atom stereocenters. The molecule has 0 bridgehead atoms. The minimum absolute atomic E-state index is 0.0630. The third-order valence-electron chi connectivity index (χ3n) is 7.18. The predicted molar refractivity (Wildman–Crippen MR) is 136 cm³/mol. The standard InChI is InChI=1S/C29H31N3O3/c1-35-23-16-10-15-22(19-23)29(21-13-6-3-7-14-21)24-17-8-9-18-25(24)30-28(34)26(32-29)31-27(33)20-11-4-2-5-12-20/h3,6-10,13-20,26,32H,2,4-5,11-12H2,1H3,(H,30,34)(H,31,33). The Morgan fingerprint density at radius 2 is 1.63 bits per heavy atom. The van der Waals surface area contributed by atoms with E-state index in [1.54, 1.807) is 7.11 Å². The lowest BCUT2D eigenvalue weighted by molar-refractivity contribution is -0.130. The predicted octanol–water partition coefficient (Wildman–Crippen LogP) is 4.55. The molecule has 1 saturated carbocycles. The third-order valence-corrected chi connectivity index (χ3v) is 7.18. The lowest BCUT2D eigenvalue weighted by Crippen LogP contribution is -2.59. The van der Waals surface area contributed by atoms with E-state index in [1.165, 1.54) is 0 Å². The van der Waals surface area contributed by atoms with Gasteiger partial charge in [0.15, 0.2) is 6.17 Å². The third kappa shape index (κ3) is 4.42. The van der Waals surface area contributed by atoms with Crippen LogP contribution in [0.5, 0.6) is 5.75 Å². The number of hydrogen-bond acceptors (Lipinski definition) is 4. The first-order valence-corrected chi connectivity index (χ1v) is 12.3. The van der Waals surface area contributed by atoms with Gasteiger partial charge in [-0.1, -0.05) is 79.9 Å². The lowest BCUT2D eigenvalue weighted by Gasteiger charge is -2.38. The van der Waals surface area contributed by atoms with Crippen LogP contribution in [0.25, 0.3) is 0 Å². The van der Waals surface area contributed by atoms with Crippen molar-refractivity contribution in [3.05, 3.63) is 95.6 Å². The molecule has 3 aromatic rings. The van der Waals surface area contributed by atoms with E-state index in [-0.39, 0.29) is 17.7 Å². The van der Waals surface area contributed by atoms with Gasteiger partial charge in [-0.05, 0) is 42.2 Å². The monoisotopic (exact) mass is 469 g/mol. The topological polar surface area (TPSA) is 79.5 Å². The Morgan fingerprint density at radius 3 is 2.40 bits per heavy atom. The molecule has 5 rings (SSSR count). The van der Waals surface area contributed by atoms with Crippen LogP contribution < -0.4 is 20.7 Å². The summed E-state index contributed by atoms with van der Waals surface area (Å²) < 4.78 is 5.56. The highest BCUT2D eigenvalue weighted by atomic mass is 16.5. The number of amides is 2. The molecule has 0 spiro atoms. The number of benzene rings is 3. The van der Waals surface area contributed by atoms with Gasteiger partial charge < -0.3 is 15.4 Å². The number of hydrogen-bond donors (Lipinski definition) is 3. The minimum Gasteiger partial charge on any atom is -0.497 e. The number of para-hydroxylation sites is 1. The van der Waals surface area contributed by atoms with Crippen molar-refractivity contribution in [3.8, 4) is 5.75 Å². The zero-order chi connectivity index (χ0) is 24.3. The molecule has 2 amide bonds. The Bertz CT molecular complexity index is 1210. The number of fused-ring (bicyclic) bond motifs is 1. The van der Waals surface area contributed by atoms with Crippen LogP contribution in [0, 0.1) is 5.92 Å². The first-order chi connectivity index (χ1) is 17.1. The number of nitrogens with one attached hydrogen (secondary N) is 3. The van der Waals surface area contributed by atoms with Gasteiger partial charge in [-0.25, -0.2) is 0 Å². The Kier molecular flexibility index (Phi) is 6.55. The van der Waals surface area contributed by atoms with E-state index < -0.39 is 11.7 Å². The van der Waals surface area contributed by atoms with Crippen LogP contribution in [0.4, 0.5) is 5.69 Å². The van der Waals surface area contributed by atoms with Crippen LogP contribution in [0.2, 0.25) is 0 Å². The summed E-state index contributed by atoms with van der Waals surface area (Å²) in [5, 5.41) is 9.69. The van der Waals surface area contributed by atoms with E-state index in [0.717, 1.165) is 48.8 Å².